The number of para-hydroxylation sites is 1. The lowest BCUT2D eigenvalue weighted by atomic mass is 10.2. The molecular formula is C24H23N3O7S. The standard InChI is InChI=1S/C24H23N3O7S/c1-26-18-13-17(25-35(30,31)22-12-16(32-3)10-11-20(22)33-4)21(34-15-8-6-5-7-9-15)14-19(18)27(2)24(29)23(26)28/h5-14,25H,1-4H3. The molecule has 0 saturated heterocycles. The van der Waals surface area contributed by atoms with Crippen LogP contribution in [0.15, 0.2) is 75.1 Å². The van der Waals surface area contributed by atoms with E-state index in [1.165, 1.54) is 57.1 Å². The number of aryl methyl sites for hydroxylation is 2. The summed E-state index contributed by atoms with van der Waals surface area (Å²) in [6.45, 7) is 0. The number of nitrogens with zero attached hydrogens (tertiary/aromatic N) is 2. The van der Waals surface area contributed by atoms with Crippen LogP contribution in [-0.2, 0) is 24.1 Å². The Morgan fingerprint density at radius 1 is 0.743 bits per heavy atom. The van der Waals surface area contributed by atoms with Crippen molar-refractivity contribution in [2.24, 2.45) is 14.1 Å². The first-order chi connectivity index (χ1) is 16.7. The molecule has 1 N–H and O–H groups in total. The number of nitrogens with one attached hydrogen (secondary N) is 1. The molecule has 4 rings (SSSR count). The highest BCUT2D eigenvalue weighted by atomic mass is 32.2. The first-order valence-corrected chi connectivity index (χ1v) is 11.9. The second-order valence-electron chi connectivity index (χ2n) is 7.60. The van der Waals surface area contributed by atoms with Crippen LogP contribution in [0.25, 0.3) is 11.0 Å². The summed E-state index contributed by atoms with van der Waals surface area (Å²) in [6, 6.07) is 16.1. The fourth-order valence-electron chi connectivity index (χ4n) is 3.57. The van der Waals surface area contributed by atoms with E-state index in [4.69, 9.17) is 14.2 Å². The molecule has 0 fully saturated rings. The minimum Gasteiger partial charge on any atom is -0.497 e. The number of fused-ring (bicyclic) bond motifs is 1. The zero-order chi connectivity index (χ0) is 25.3. The summed E-state index contributed by atoms with van der Waals surface area (Å²) in [5, 5.41) is 0. The maximum Gasteiger partial charge on any atom is 0.316 e. The third-order valence-corrected chi connectivity index (χ3v) is 6.85. The van der Waals surface area contributed by atoms with Crippen LogP contribution < -0.4 is 30.1 Å². The van der Waals surface area contributed by atoms with E-state index in [0.717, 1.165) is 4.57 Å². The topological polar surface area (TPSA) is 118 Å². The molecular weight excluding hydrogens is 474 g/mol. The van der Waals surface area contributed by atoms with E-state index >= 15 is 0 Å². The molecule has 182 valence electrons. The van der Waals surface area contributed by atoms with Gasteiger partial charge in [0.25, 0.3) is 10.0 Å². The second-order valence-corrected chi connectivity index (χ2v) is 9.25. The third kappa shape index (κ3) is 4.45. The molecule has 0 saturated carbocycles. The average Bonchev–Trinajstić information content (AvgIpc) is 2.86. The second kappa shape index (κ2) is 9.18. The summed E-state index contributed by atoms with van der Waals surface area (Å²) in [5.74, 6) is 1.01. The lowest BCUT2D eigenvalue weighted by Gasteiger charge is -2.18. The lowest BCUT2D eigenvalue weighted by molar-refractivity contribution is 0.392. The maximum atomic E-state index is 13.4. The van der Waals surface area contributed by atoms with E-state index in [1.54, 1.807) is 30.3 Å². The first kappa shape index (κ1) is 23.9. The van der Waals surface area contributed by atoms with Crippen LogP contribution in [0.1, 0.15) is 0 Å². The summed E-state index contributed by atoms with van der Waals surface area (Å²) < 4.78 is 48.1. The van der Waals surface area contributed by atoms with E-state index in [-0.39, 0.29) is 22.1 Å². The Bertz CT molecular complexity index is 1640. The van der Waals surface area contributed by atoms with Gasteiger partial charge in [0.1, 0.15) is 22.1 Å². The minimum absolute atomic E-state index is 0.0554. The number of hydrogen-bond acceptors (Lipinski definition) is 7. The highest BCUT2D eigenvalue weighted by molar-refractivity contribution is 7.92. The van der Waals surface area contributed by atoms with Crippen molar-refractivity contribution in [3.05, 3.63) is 81.4 Å². The van der Waals surface area contributed by atoms with Crippen LogP contribution in [0.5, 0.6) is 23.0 Å². The van der Waals surface area contributed by atoms with Crippen molar-refractivity contribution in [1.82, 2.24) is 9.13 Å². The van der Waals surface area contributed by atoms with Crippen molar-refractivity contribution >= 4 is 26.7 Å². The molecule has 0 atom stereocenters. The Balaban J connectivity index is 1.94. The quantitative estimate of drug-likeness (QED) is 0.390. The smallest absolute Gasteiger partial charge is 0.316 e. The molecule has 3 aromatic carbocycles. The molecule has 0 bridgehead atoms. The molecule has 11 heteroatoms. The predicted molar refractivity (Wildman–Crippen MR) is 131 cm³/mol. The monoisotopic (exact) mass is 497 g/mol. The zero-order valence-electron chi connectivity index (χ0n) is 19.4. The van der Waals surface area contributed by atoms with E-state index < -0.39 is 21.1 Å². The Labute approximate surface area is 201 Å². The Hall–Kier alpha value is -4.25. The Kier molecular flexibility index (Phi) is 6.27. The van der Waals surface area contributed by atoms with Crippen molar-refractivity contribution in [3.63, 3.8) is 0 Å². The summed E-state index contributed by atoms with van der Waals surface area (Å²) in [5.41, 5.74) is -0.710. The van der Waals surface area contributed by atoms with Gasteiger partial charge in [-0.25, -0.2) is 8.42 Å². The van der Waals surface area contributed by atoms with Gasteiger partial charge in [-0.2, -0.15) is 0 Å². The Morgan fingerprint density at radius 2 is 1.37 bits per heavy atom. The summed E-state index contributed by atoms with van der Waals surface area (Å²) in [7, 11) is 1.48. The highest BCUT2D eigenvalue weighted by Gasteiger charge is 2.24. The lowest BCUT2D eigenvalue weighted by Crippen LogP contribution is -2.39. The minimum atomic E-state index is -4.20. The fourth-order valence-corrected chi connectivity index (χ4v) is 4.82. The number of methoxy groups -OCH3 is 2. The SMILES string of the molecule is COc1ccc(OC)c(S(=O)(=O)Nc2cc3c(cc2Oc2ccccc2)n(C)c(=O)c(=O)n3C)c1. The number of hydrogen-bond donors (Lipinski definition) is 1. The molecule has 0 aliphatic carbocycles. The molecule has 1 aromatic heterocycles. The van der Waals surface area contributed by atoms with Gasteiger partial charge in [-0.15, -0.1) is 0 Å². The molecule has 0 aliphatic heterocycles. The van der Waals surface area contributed by atoms with Crippen molar-refractivity contribution in [2.45, 2.75) is 4.90 Å². The highest BCUT2D eigenvalue weighted by Crippen LogP contribution is 2.36. The van der Waals surface area contributed by atoms with Crippen molar-refractivity contribution < 1.29 is 22.6 Å². The molecule has 0 radical (unpaired) electrons. The number of anilines is 1. The van der Waals surface area contributed by atoms with E-state index in [0.29, 0.717) is 22.5 Å². The number of ether oxygens (including phenoxy) is 3. The first-order valence-electron chi connectivity index (χ1n) is 10.4. The molecule has 0 spiro atoms. The number of benzene rings is 3. The van der Waals surface area contributed by atoms with Gasteiger partial charge in [-0.3, -0.25) is 14.3 Å². The van der Waals surface area contributed by atoms with Crippen LogP contribution in [-0.4, -0.2) is 31.8 Å². The van der Waals surface area contributed by atoms with Gasteiger partial charge in [-0.1, -0.05) is 18.2 Å². The average molecular weight is 498 g/mol. The largest absolute Gasteiger partial charge is 0.497 e. The van der Waals surface area contributed by atoms with E-state index in [9.17, 15) is 18.0 Å². The van der Waals surface area contributed by atoms with Crippen LogP contribution in [0.4, 0.5) is 5.69 Å². The predicted octanol–water partition coefficient (Wildman–Crippen LogP) is 2.85. The van der Waals surface area contributed by atoms with Gasteiger partial charge in [-0.05, 0) is 30.3 Å². The zero-order valence-corrected chi connectivity index (χ0v) is 20.3. The van der Waals surface area contributed by atoms with Gasteiger partial charge in [0.05, 0.1) is 30.9 Å². The van der Waals surface area contributed by atoms with Crippen LogP contribution >= 0.6 is 0 Å². The molecule has 0 amide bonds. The summed E-state index contributed by atoms with van der Waals surface area (Å²) in [4.78, 5) is 24.6. The van der Waals surface area contributed by atoms with Gasteiger partial charge in [0, 0.05) is 26.2 Å². The van der Waals surface area contributed by atoms with Gasteiger partial charge >= 0.3 is 11.1 Å². The van der Waals surface area contributed by atoms with E-state index in [1.807, 2.05) is 6.07 Å². The summed E-state index contributed by atoms with van der Waals surface area (Å²) in [6.07, 6.45) is 0. The molecule has 0 aliphatic rings. The summed E-state index contributed by atoms with van der Waals surface area (Å²) >= 11 is 0. The molecule has 4 aromatic rings. The fraction of sp³-hybridized carbons (Fsp3) is 0.167. The molecule has 0 unspecified atom stereocenters. The molecule has 10 nitrogen and oxygen atoms in total. The van der Waals surface area contributed by atoms with Gasteiger partial charge < -0.3 is 23.3 Å². The Morgan fingerprint density at radius 3 is 1.97 bits per heavy atom. The van der Waals surface area contributed by atoms with Gasteiger partial charge in [0.15, 0.2) is 5.75 Å². The van der Waals surface area contributed by atoms with Crippen molar-refractivity contribution in [1.29, 1.82) is 0 Å². The number of sulfonamides is 1. The van der Waals surface area contributed by atoms with Crippen molar-refractivity contribution in [2.75, 3.05) is 18.9 Å². The van der Waals surface area contributed by atoms with Gasteiger partial charge in [0.2, 0.25) is 0 Å². The molecule has 1 heterocycles. The third-order valence-electron chi connectivity index (χ3n) is 5.47. The normalized spacial score (nSPS) is 11.3. The number of rotatable bonds is 7. The molecule has 35 heavy (non-hydrogen) atoms. The van der Waals surface area contributed by atoms with Crippen LogP contribution in [0.3, 0.4) is 0 Å². The maximum absolute atomic E-state index is 13.4. The van der Waals surface area contributed by atoms with Crippen LogP contribution in [0, 0.1) is 0 Å². The van der Waals surface area contributed by atoms with Crippen molar-refractivity contribution in [3.8, 4) is 23.0 Å². The van der Waals surface area contributed by atoms with E-state index in [2.05, 4.69) is 4.72 Å². The number of aromatic nitrogens is 2. The van der Waals surface area contributed by atoms with Crippen LogP contribution in [0.2, 0.25) is 0 Å².